The lowest BCUT2D eigenvalue weighted by atomic mass is 9.95. The molecule has 3 rings (SSSR count). The predicted molar refractivity (Wildman–Crippen MR) is 150 cm³/mol. The second-order valence-electron chi connectivity index (χ2n) is 9.48. The van der Waals surface area contributed by atoms with Crippen LogP contribution in [0.2, 0.25) is 15.1 Å². The lowest BCUT2D eigenvalue weighted by Gasteiger charge is -2.33. The molecular weight excluding hydrogens is 557 g/mol. The first kappa shape index (κ1) is 29.6. The summed E-state index contributed by atoms with van der Waals surface area (Å²) in [5, 5.41) is 4.18. The lowest BCUT2D eigenvalue weighted by molar-refractivity contribution is -0.139. The molecule has 37 heavy (non-hydrogen) atoms. The molecule has 0 aromatic heterocycles. The van der Waals surface area contributed by atoms with Gasteiger partial charge in [-0.3, -0.25) is 13.9 Å². The van der Waals surface area contributed by atoms with Crippen LogP contribution in [0.25, 0.3) is 0 Å². The third-order valence-corrected chi connectivity index (χ3v) is 8.54. The summed E-state index contributed by atoms with van der Waals surface area (Å²) in [6, 6.07) is 8.92. The van der Waals surface area contributed by atoms with E-state index < -0.39 is 28.5 Å². The minimum Gasteiger partial charge on any atom is -0.352 e. The van der Waals surface area contributed by atoms with Gasteiger partial charge in [-0.15, -0.1) is 0 Å². The summed E-state index contributed by atoms with van der Waals surface area (Å²) in [6.45, 7) is 2.86. The number of carbonyl (C=O) groups excluding carboxylic acids is 2. The van der Waals surface area contributed by atoms with Gasteiger partial charge in [-0.1, -0.05) is 66.2 Å². The van der Waals surface area contributed by atoms with Crippen LogP contribution in [0.3, 0.4) is 0 Å². The third-order valence-electron chi connectivity index (χ3n) is 6.59. The average molecular weight is 589 g/mol. The Bertz CT molecular complexity index is 1250. The Kier molecular flexibility index (Phi) is 10.1. The average Bonchev–Trinajstić information content (AvgIpc) is 2.83. The summed E-state index contributed by atoms with van der Waals surface area (Å²) in [7, 11) is -3.86. The molecular formula is C26H32Cl3N3O4S. The van der Waals surface area contributed by atoms with Gasteiger partial charge in [0.25, 0.3) is 0 Å². The van der Waals surface area contributed by atoms with E-state index in [4.69, 9.17) is 34.8 Å². The van der Waals surface area contributed by atoms with E-state index in [2.05, 4.69) is 5.32 Å². The van der Waals surface area contributed by atoms with Gasteiger partial charge in [-0.25, -0.2) is 8.42 Å². The summed E-state index contributed by atoms with van der Waals surface area (Å²) in [5.74, 6) is -0.850. The molecule has 7 nitrogen and oxygen atoms in total. The van der Waals surface area contributed by atoms with E-state index in [1.165, 1.54) is 11.0 Å². The predicted octanol–water partition coefficient (Wildman–Crippen LogP) is 5.59. The fourth-order valence-corrected chi connectivity index (χ4v) is 5.96. The zero-order chi connectivity index (χ0) is 27.3. The van der Waals surface area contributed by atoms with E-state index >= 15 is 0 Å². The zero-order valence-electron chi connectivity index (χ0n) is 21.1. The van der Waals surface area contributed by atoms with E-state index in [1.807, 2.05) is 0 Å². The van der Waals surface area contributed by atoms with Crippen molar-refractivity contribution in [3.63, 3.8) is 0 Å². The number of carbonyl (C=O) groups is 2. The number of aryl methyl sites for hydroxylation is 1. The smallest absolute Gasteiger partial charge is 0.244 e. The Morgan fingerprint density at radius 2 is 1.65 bits per heavy atom. The maximum Gasteiger partial charge on any atom is 0.244 e. The van der Waals surface area contributed by atoms with Gasteiger partial charge in [-0.05, 0) is 62.1 Å². The number of halogens is 3. The standard InChI is InChI=1S/C26H32Cl3N3O4S/c1-17-9-11-21(28)14-24(17)32(37(3,35)36)16-25(33)31(15-19-10-12-20(27)13-23(19)29)18(2)26(34)30-22-7-5-4-6-8-22/h9-14,18,22H,4-8,15-16H2,1-3H3,(H,30,34). The van der Waals surface area contributed by atoms with Gasteiger partial charge in [0.15, 0.2) is 0 Å². The molecule has 1 unspecified atom stereocenters. The van der Waals surface area contributed by atoms with Gasteiger partial charge in [0, 0.05) is 27.7 Å². The fourth-order valence-electron chi connectivity index (χ4n) is 4.43. The van der Waals surface area contributed by atoms with Crippen LogP contribution in [0.5, 0.6) is 0 Å². The second kappa shape index (κ2) is 12.7. The largest absolute Gasteiger partial charge is 0.352 e. The molecule has 1 aliphatic carbocycles. The topological polar surface area (TPSA) is 86.8 Å². The molecule has 0 radical (unpaired) electrons. The van der Waals surface area contributed by atoms with Crippen LogP contribution >= 0.6 is 34.8 Å². The maximum atomic E-state index is 13.7. The van der Waals surface area contributed by atoms with E-state index in [0.717, 1.165) is 42.7 Å². The molecule has 1 atom stereocenters. The van der Waals surface area contributed by atoms with Gasteiger partial charge in [0.1, 0.15) is 12.6 Å². The van der Waals surface area contributed by atoms with Crippen molar-refractivity contribution in [2.75, 3.05) is 17.1 Å². The van der Waals surface area contributed by atoms with Crippen LogP contribution < -0.4 is 9.62 Å². The Labute approximate surface area is 234 Å². The molecule has 1 saturated carbocycles. The number of hydrogen-bond acceptors (Lipinski definition) is 4. The number of sulfonamides is 1. The normalized spacial score (nSPS) is 15.2. The molecule has 1 N–H and O–H groups in total. The van der Waals surface area contributed by atoms with Crippen LogP contribution in [0.1, 0.15) is 50.2 Å². The molecule has 2 aromatic rings. The van der Waals surface area contributed by atoms with Crippen molar-refractivity contribution in [1.82, 2.24) is 10.2 Å². The molecule has 1 fully saturated rings. The van der Waals surface area contributed by atoms with Crippen molar-refractivity contribution in [2.24, 2.45) is 0 Å². The Morgan fingerprint density at radius 3 is 2.27 bits per heavy atom. The van der Waals surface area contributed by atoms with Crippen molar-refractivity contribution < 1.29 is 18.0 Å². The van der Waals surface area contributed by atoms with Gasteiger partial charge < -0.3 is 10.2 Å². The number of rotatable bonds is 9. The fraction of sp³-hybridized carbons (Fsp3) is 0.462. The summed E-state index contributed by atoms with van der Waals surface area (Å²) in [5.41, 5.74) is 1.52. The summed E-state index contributed by atoms with van der Waals surface area (Å²) < 4.78 is 26.5. The molecule has 2 amide bonds. The molecule has 202 valence electrons. The Hall–Kier alpha value is -2.00. The third kappa shape index (κ3) is 7.99. The van der Waals surface area contributed by atoms with Crippen molar-refractivity contribution >= 4 is 62.3 Å². The highest BCUT2D eigenvalue weighted by Crippen LogP contribution is 2.28. The summed E-state index contributed by atoms with van der Waals surface area (Å²) in [6.07, 6.45) is 6.05. The highest BCUT2D eigenvalue weighted by molar-refractivity contribution is 7.92. The molecule has 11 heteroatoms. The van der Waals surface area contributed by atoms with E-state index in [0.29, 0.717) is 31.9 Å². The zero-order valence-corrected chi connectivity index (χ0v) is 24.2. The molecule has 0 saturated heterocycles. The van der Waals surface area contributed by atoms with Crippen LogP contribution in [-0.2, 0) is 26.2 Å². The summed E-state index contributed by atoms with van der Waals surface area (Å²) >= 11 is 18.6. The Balaban J connectivity index is 1.93. The SMILES string of the molecule is Cc1ccc(Cl)cc1N(CC(=O)N(Cc1ccc(Cl)cc1Cl)C(C)C(=O)NC1CCCCC1)S(C)(=O)=O. The van der Waals surface area contributed by atoms with E-state index in [1.54, 1.807) is 44.2 Å². The molecule has 0 heterocycles. The number of nitrogens with zero attached hydrogens (tertiary/aromatic N) is 2. The van der Waals surface area contributed by atoms with E-state index in [9.17, 15) is 18.0 Å². The molecule has 0 aliphatic heterocycles. The van der Waals surface area contributed by atoms with Crippen molar-refractivity contribution in [1.29, 1.82) is 0 Å². The minimum absolute atomic E-state index is 0.000217. The first-order chi connectivity index (χ1) is 17.4. The van der Waals surface area contributed by atoms with Gasteiger partial charge in [0.2, 0.25) is 21.8 Å². The van der Waals surface area contributed by atoms with E-state index in [-0.39, 0.29) is 18.5 Å². The van der Waals surface area contributed by atoms with Gasteiger partial charge in [-0.2, -0.15) is 0 Å². The number of anilines is 1. The first-order valence-electron chi connectivity index (χ1n) is 12.1. The van der Waals surface area contributed by atoms with Crippen LogP contribution in [0.15, 0.2) is 36.4 Å². The van der Waals surface area contributed by atoms with Crippen molar-refractivity contribution in [2.45, 2.75) is 64.6 Å². The number of amides is 2. The summed E-state index contributed by atoms with van der Waals surface area (Å²) in [4.78, 5) is 28.3. The second-order valence-corrected chi connectivity index (χ2v) is 12.7. The lowest BCUT2D eigenvalue weighted by Crippen LogP contribution is -2.53. The van der Waals surface area contributed by atoms with Crippen molar-refractivity contribution in [3.8, 4) is 0 Å². The van der Waals surface area contributed by atoms with Gasteiger partial charge in [0.05, 0.1) is 11.9 Å². The van der Waals surface area contributed by atoms with Crippen LogP contribution in [0, 0.1) is 6.92 Å². The highest BCUT2D eigenvalue weighted by Gasteiger charge is 2.32. The quantitative estimate of drug-likeness (QED) is 0.414. The van der Waals surface area contributed by atoms with Gasteiger partial charge >= 0.3 is 0 Å². The molecule has 1 aliphatic rings. The molecule has 0 spiro atoms. The van der Waals surface area contributed by atoms with Crippen LogP contribution in [-0.4, -0.2) is 50.0 Å². The minimum atomic E-state index is -3.86. The van der Waals surface area contributed by atoms with Crippen molar-refractivity contribution in [3.05, 3.63) is 62.6 Å². The Morgan fingerprint density at radius 1 is 1.03 bits per heavy atom. The number of nitrogens with one attached hydrogen (secondary N) is 1. The molecule has 0 bridgehead atoms. The number of hydrogen-bond donors (Lipinski definition) is 1. The monoisotopic (exact) mass is 587 g/mol. The maximum absolute atomic E-state index is 13.7. The van der Waals surface area contributed by atoms with Crippen LogP contribution in [0.4, 0.5) is 5.69 Å². The first-order valence-corrected chi connectivity index (χ1v) is 15.1. The molecule has 2 aromatic carbocycles. The highest BCUT2D eigenvalue weighted by atomic mass is 35.5. The number of benzene rings is 2.